The van der Waals surface area contributed by atoms with Crippen LogP contribution in [0, 0.1) is 15.5 Å². The summed E-state index contributed by atoms with van der Waals surface area (Å²) in [7, 11) is 0. The average molecular weight is 279 g/mol. The van der Waals surface area contributed by atoms with Gasteiger partial charge in [-0.3, -0.25) is 14.9 Å². The summed E-state index contributed by atoms with van der Waals surface area (Å²) in [5, 5.41) is 26.0. The van der Waals surface area contributed by atoms with Crippen LogP contribution in [0.4, 0.5) is 11.4 Å². The van der Waals surface area contributed by atoms with E-state index in [4.69, 9.17) is 0 Å². The Morgan fingerprint density at radius 2 is 2.30 bits per heavy atom. The van der Waals surface area contributed by atoms with Gasteiger partial charge in [-0.25, -0.2) is 0 Å². The third kappa shape index (κ3) is 2.88. The molecule has 1 aromatic carbocycles. The van der Waals surface area contributed by atoms with Crippen molar-refractivity contribution in [2.24, 2.45) is 5.41 Å². The summed E-state index contributed by atoms with van der Waals surface area (Å²) in [6.07, 6.45) is 1.62. The van der Waals surface area contributed by atoms with Crippen LogP contribution >= 0.6 is 0 Å². The van der Waals surface area contributed by atoms with E-state index < -0.39 is 10.3 Å². The molecule has 20 heavy (non-hydrogen) atoms. The second kappa shape index (κ2) is 5.46. The molecule has 1 unspecified atom stereocenters. The molecule has 1 amide bonds. The van der Waals surface area contributed by atoms with Crippen molar-refractivity contribution in [3.8, 4) is 5.75 Å². The fraction of sp³-hybridized carbons (Fsp3) is 0.462. The molecular weight excluding hydrogens is 262 g/mol. The lowest BCUT2D eigenvalue weighted by Gasteiger charge is -2.32. The summed E-state index contributed by atoms with van der Waals surface area (Å²) in [6, 6.07) is 3.67. The van der Waals surface area contributed by atoms with Crippen LogP contribution in [0.5, 0.6) is 5.75 Å². The molecule has 1 saturated heterocycles. The first-order valence-corrected chi connectivity index (χ1v) is 6.42. The number of carbonyl (C=O) groups excluding carboxylic acids is 1. The van der Waals surface area contributed by atoms with Gasteiger partial charge in [0.25, 0.3) is 5.69 Å². The maximum absolute atomic E-state index is 12.3. The van der Waals surface area contributed by atoms with Crippen molar-refractivity contribution >= 4 is 17.3 Å². The molecule has 1 aliphatic rings. The summed E-state index contributed by atoms with van der Waals surface area (Å²) in [5.41, 5.74) is -0.792. The largest absolute Gasteiger partial charge is 0.508 e. The number of nitro benzene ring substituents is 1. The molecule has 3 N–H and O–H groups in total. The average Bonchev–Trinajstić information content (AvgIpc) is 2.41. The molecule has 0 spiro atoms. The lowest BCUT2D eigenvalue weighted by atomic mass is 9.82. The Hall–Kier alpha value is -2.15. The Balaban J connectivity index is 2.21. The quantitative estimate of drug-likeness (QED) is 0.443. The number of nitro groups is 1. The summed E-state index contributed by atoms with van der Waals surface area (Å²) < 4.78 is 0. The third-order valence-corrected chi connectivity index (χ3v) is 3.57. The fourth-order valence-corrected chi connectivity index (χ4v) is 2.30. The molecule has 0 saturated carbocycles. The molecule has 1 atom stereocenters. The molecule has 108 valence electrons. The Morgan fingerprint density at radius 3 is 2.90 bits per heavy atom. The molecule has 1 aromatic rings. The predicted octanol–water partition coefficient (Wildman–Crippen LogP) is 1.63. The number of phenols is 1. The number of phenolic OH excluding ortho intramolecular Hbond substituents is 1. The van der Waals surface area contributed by atoms with E-state index in [0.29, 0.717) is 6.54 Å². The minimum Gasteiger partial charge on any atom is -0.508 e. The van der Waals surface area contributed by atoms with Crippen LogP contribution in [0.25, 0.3) is 0 Å². The van der Waals surface area contributed by atoms with E-state index >= 15 is 0 Å². The number of benzene rings is 1. The molecule has 7 heteroatoms. The molecule has 0 aliphatic carbocycles. The molecule has 1 heterocycles. The van der Waals surface area contributed by atoms with Crippen LogP contribution in [0.15, 0.2) is 18.2 Å². The summed E-state index contributed by atoms with van der Waals surface area (Å²) in [5.74, 6) is -0.460. The van der Waals surface area contributed by atoms with Crippen molar-refractivity contribution in [3.63, 3.8) is 0 Å². The van der Waals surface area contributed by atoms with Crippen molar-refractivity contribution < 1.29 is 14.8 Å². The predicted molar refractivity (Wildman–Crippen MR) is 73.6 cm³/mol. The number of hydrogen-bond acceptors (Lipinski definition) is 5. The van der Waals surface area contributed by atoms with E-state index in [0.717, 1.165) is 25.5 Å². The van der Waals surface area contributed by atoms with Crippen LogP contribution in [0.3, 0.4) is 0 Å². The first kappa shape index (κ1) is 14.3. The molecule has 0 bridgehead atoms. The number of nitrogens with zero attached hydrogens (tertiary/aromatic N) is 1. The highest BCUT2D eigenvalue weighted by molar-refractivity contribution is 5.97. The normalized spacial score (nSPS) is 22.2. The van der Waals surface area contributed by atoms with Crippen molar-refractivity contribution in [3.05, 3.63) is 28.3 Å². The molecule has 1 fully saturated rings. The van der Waals surface area contributed by atoms with Crippen LogP contribution in [0.1, 0.15) is 19.8 Å². The molecule has 0 aromatic heterocycles. The highest BCUT2D eigenvalue weighted by Gasteiger charge is 2.35. The van der Waals surface area contributed by atoms with Gasteiger partial charge < -0.3 is 15.7 Å². The monoisotopic (exact) mass is 279 g/mol. The van der Waals surface area contributed by atoms with E-state index in [9.17, 15) is 20.0 Å². The molecule has 1 aliphatic heterocycles. The Kier molecular flexibility index (Phi) is 3.89. The smallest absolute Gasteiger partial charge is 0.296 e. The maximum atomic E-state index is 12.3. The van der Waals surface area contributed by atoms with Crippen molar-refractivity contribution in [2.45, 2.75) is 19.8 Å². The number of piperidine rings is 1. The summed E-state index contributed by atoms with van der Waals surface area (Å²) >= 11 is 0. The van der Waals surface area contributed by atoms with E-state index in [1.165, 1.54) is 12.1 Å². The zero-order valence-corrected chi connectivity index (χ0v) is 11.2. The van der Waals surface area contributed by atoms with Gasteiger partial charge in [-0.05, 0) is 38.4 Å². The van der Waals surface area contributed by atoms with Gasteiger partial charge in [0.2, 0.25) is 5.91 Å². The highest BCUT2D eigenvalue weighted by atomic mass is 16.6. The van der Waals surface area contributed by atoms with Gasteiger partial charge in [-0.2, -0.15) is 0 Å². The number of anilines is 1. The van der Waals surface area contributed by atoms with Crippen molar-refractivity contribution in [1.82, 2.24) is 5.32 Å². The molecular formula is C13H17N3O4. The summed E-state index contributed by atoms with van der Waals surface area (Å²) in [4.78, 5) is 22.6. The standard InChI is InChI=1S/C13H17N3O4/c1-13(5-2-6-14-8-13)12(18)15-10-4-3-9(17)7-11(10)16(19)20/h3-4,7,14,17H,2,5-6,8H2,1H3,(H,15,18). The third-order valence-electron chi connectivity index (χ3n) is 3.57. The van der Waals surface area contributed by atoms with Crippen molar-refractivity contribution in [1.29, 1.82) is 0 Å². The van der Waals surface area contributed by atoms with Crippen LogP contribution < -0.4 is 10.6 Å². The second-order valence-electron chi connectivity index (χ2n) is 5.25. The van der Waals surface area contributed by atoms with Gasteiger partial charge in [-0.15, -0.1) is 0 Å². The number of amides is 1. The zero-order chi connectivity index (χ0) is 14.8. The zero-order valence-electron chi connectivity index (χ0n) is 11.2. The highest BCUT2D eigenvalue weighted by Crippen LogP contribution is 2.32. The lowest BCUT2D eigenvalue weighted by molar-refractivity contribution is -0.384. The molecule has 2 rings (SSSR count). The number of rotatable bonds is 3. The topological polar surface area (TPSA) is 104 Å². The van der Waals surface area contributed by atoms with Gasteiger partial charge in [0, 0.05) is 6.54 Å². The van der Waals surface area contributed by atoms with Crippen molar-refractivity contribution in [2.75, 3.05) is 18.4 Å². The second-order valence-corrected chi connectivity index (χ2v) is 5.25. The van der Waals surface area contributed by atoms with Gasteiger partial charge >= 0.3 is 0 Å². The SMILES string of the molecule is CC1(C(=O)Nc2ccc(O)cc2[N+](=O)[O-])CCCNC1. The van der Waals surface area contributed by atoms with Crippen LogP contribution in [-0.2, 0) is 4.79 Å². The van der Waals surface area contributed by atoms with Crippen LogP contribution in [-0.4, -0.2) is 29.0 Å². The first-order valence-electron chi connectivity index (χ1n) is 6.42. The Morgan fingerprint density at radius 1 is 1.55 bits per heavy atom. The number of nitrogens with one attached hydrogen (secondary N) is 2. The van der Waals surface area contributed by atoms with E-state index in [2.05, 4.69) is 10.6 Å². The Bertz CT molecular complexity index is 538. The maximum Gasteiger partial charge on any atom is 0.296 e. The fourth-order valence-electron chi connectivity index (χ4n) is 2.30. The lowest BCUT2D eigenvalue weighted by Crippen LogP contribution is -2.46. The summed E-state index contributed by atoms with van der Waals surface area (Å²) in [6.45, 7) is 3.26. The minimum absolute atomic E-state index is 0.101. The molecule has 7 nitrogen and oxygen atoms in total. The minimum atomic E-state index is -0.628. The molecule has 0 radical (unpaired) electrons. The number of hydrogen-bond donors (Lipinski definition) is 3. The first-order chi connectivity index (χ1) is 9.42. The van der Waals surface area contributed by atoms with Gasteiger partial charge in [-0.1, -0.05) is 0 Å². The van der Waals surface area contributed by atoms with Gasteiger partial charge in [0.1, 0.15) is 11.4 Å². The van der Waals surface area contributed by atoms with E-state index in [1.807, 2.05) is 6.92 Å². The number of aromatic hydroxyl groups is 1. The van der Waals surface area contributed by atoms with Crippen LogP contribution in [0.2, 0.25) is 0 Å². The number of carbonyl (C=O) groups is 1. The Labute approximate surface area is 116 Å². The van der Waals surface area contributed by atoms with Gasteiger partial charge in [0.05, 0.1) is 16.4 Å². The van der Waals surface area contributed by atoms with Gasteiger partial charge in [0.15, 0.2) is 0 Å². The van der Waals surface area contributed by atoms with E-state index in [1.54, 1.807) is 0 Å². The van der Waals surface area contributed by atoms with E-state index in [-0.39, 0.29) is 23.0 Å².